The monoisotopic (exact) mass is 470 g/mol. The topological polar surface area (TPSA) is 0 Å². The fourth-order valence-corrected chi connectivity index (χ4v) is 7.71. The summed E-state index contributed by atoms with van der Waals surface area (Å²) in [7, 11) is 0. The van der Waals surface area contributed by atoms with Crippen molar-refractivity contribution in [3.05, 3.63) is 178 Å². The van der Waals surface area contributed by atoms with Crippen molar-refractivity contribution >= 4 is 23.3 Å². The summed E-state index contributed by atoms with van der Waals surface area (Å²) in [5.41, 5.74) is 13.5. The lowest BCUT2D eigenvalue weighted by atomic mass is 9.61. The summed E-state index contributed by atoms with van der Waals surface area (Å²) in [6.45, 7) is 0. The van der Waals surface area contributed by atoms with Gasteiger partial charge in [-0.3, -0.25) is 0 Å². The highest BCUT2D eigenvalue weighted by Gasteiger charge is 2.71. The fourth-order valence-electron chi connectivity index (χ4n) is 7.71. The van der Waals surface area contributed by atoms with E-state index in [1.54, 1.807) is 0 Å². The summed E-state index contributed by atoms with van der Waals surface area (Å²) in [4.78, 5) is 0. The maximum Gasteiger partial charge on any atom is 0.0606 e. The van der Waals surface area contributed by atoms with Crippen molar-refractivity contribution in [2.24, 2.45) is 5.41 Å². The predicted octanol–water partition coefficient (Wildman–Crippen LogP) is 8.67. The Hall–Kier alpha value is -4.42. The van der Waals surface area contributed by atoms with Gasteiger partial charge in [0.25, 0.3) is 0 Å². The molecule has 0 fully saturated rings. The van der Waals surface area contributed by atoms with Gasteiger partial charge >= 0.3 is 0 Å². The fraction of sp³-hybridized carbons (Fsp3) is 0.0811. The van der Waals surface area contributed by atoms with E-state index in [0.29, 0.717) is 0 Å². The third kappa shape index (κ3) is 2.53. The van der Waals surface area contributed by atoms with Crippen LogP contribution in [0.2, 0.25) is 0 Å². The number of hydrogen-bond acceptors (Lipinski definition) is 0. The molecule has 5 aromatic carbocycles. The van der Waals surface area contributed by atoms with Crippen LogP contribution in [-0.4, -0.2) is 0 Å². The maximum atomic E-state index is 2.47. The summed E-state index contributed by atoms with van der Waals surface area (Å²) in [6, 6.07) is 49.3. The second-order valence-electron chi connectivity index (χ2n) is 10.5. The molecule has 0 amide bonds. The minimum absolute atomic E-state index is 0.213. The first-order valence-electron chi connectivity index (χ1n) is 13.2. The molecule has 0 heterocycles. The van der Waals surface area contributed by atoms with Crippen molar-refractivity contribution < 1.29 is 0 Å². The molecule has 0 radical (unpaired) electrons. The molecular formula is C37H26. The molecule has 0 heteroatoms. The number of allylic oxidation sites excluding steroid dienone is 2. The van der Waals surface area contributed by atoms with E-state index >= 15 is 0 Å². The zero-order chi connectivity index (χ0) is 24.5. The van der Waals surface area contributed by atoms with Gasteiger partial charge in [0.1, 0.15) is 0 Å². The molecule has 0 saturated carbocycles. The molecule has 0 bridgehead atoms. The second kappa shape index (κ2) is 7.54. The van der Waals surface area contributed by atoms with Crippen molar-refractivity contribution in [2.45, 2.75) is 11.8 Å². The van der Waals surface area contributed by atoms with E-state index in [1.165, 1.54) is 55.7 Å². The smallest absolute Gasteiger partial charge is 0.0606 e. The van der Waals surface area contributed by atoms with E-state index < -0.39 is 0 Å². The zero-order valence-electron chi connectivity index (χ0n) is 20.6. The van der Waals surface area contributed by atoms with Crippen LogP contribution in [0.3, 0.4) is 0 Å². The van der Waals surface area contributed by atoms with Crippen LogP contribution in [0.1, 0.15) is 44.5 Å². The first-order chi connectivity index (χ1) is 18.3. The summed E-state index contributed by atoms with van der Waals surface area (Å²) < 4.78 is 0. The molecule has 37 heavy (non-hydrogen) atoms. The molecule has 0 atom stereocenters. The van der Waals surface area contributed by atoms with Crippen molar-refractivity contribution in [3.63, 3.8) is 0 Å². The van der Waals surface area contributed by atoms with Crippen molar-refractivity contribution in [1.29, 1.82) is 0 Å². The van der Waals surface area contributed by atoms with E-state index in [-0.39, 0.29) is 10.8 Å². The first-order valence-corrected chi connectivity index (χ1v) is 13.2. The van der Waals surface area contributed by atoms with Gasteiger partial charge in [-0.2, -0.15) is 0 Å². The molecule has 0 saturated heterocycles. The third-order valence-electron chi connectivity index (χ3n) is 8.90. The normalized spacial score (nSPS) is 24.4. The van der Waals surface area contributed by atoms with Gasteiger partial charge in [-0.1, -0.05) is 146 Å². The SMILES string of the molecule is C(=C1/c2ccccc2C23c4ccccc4CC12/C(=C/c1ccccc1)c1ccccc13)/c1ccccc1. The van der Waals surface area contributed by atoms with Crippen LogP contribution in [0.25, 0.3) is 23.3 Å². The summed E-state index contributed by atoms with van der Waals surface area (Å²) in [5.74, 6) is 0. The van der Waals surface area contributed by atoms with Crippen molar-refractivity contribution in [3.8, 4) is 0 Å². The molecule has 5 aromatic rings. The molecule has 3 aliphatic carbocycles. The Kier molecular flexibility index (Phi) is 4.23. The molecule has 0 nitrogen and oxygen atoms in total. The van der Waals surface area contributed by atoms with Gasteiger partial charge in [0, 0.05) is 5.41 Å². The van der Waals surface area contributed by atoms with Gasteiger partial charge in [0.2, 0.25) is 0 Å². The minimum atomic E-state index is -0.238. The Balaban J connectivity index is 1.57. The number of fused-ring (bicyclic) bond motifs is 3. The first kappa shape index (κ1) is 20.7. The quantitative estimate of drug-likeness (QED) is 0.242. The molecule has 0 N–H and O–H groups in total. The van der Waals surface area contributed by atoms with Crippen LogP contribution < -0.4 is 0 Å². The molecule has 3 aliphatic rings. The Labute approximate surface area is 218 Å². The molecule has 0 aliphatic heterocycles. The van der Waals surface area contributed by atoms with Crippen LogP contribution in [0, 0.1) is 5.41 Å². The lowest BCUT2D eigenvalue weighted by Gasteiger charge is -2.38. The Bertz CT molecular complexity index is 1630. The van der Waals surface area contributed by atoms with E-state index in [4.69, 9.17) is 0 Å². The average molecular weight is 471 g/mol. The van der Waals surface area contributed by atoms with Crippen molar-refractivity contribution in [1.82, 2.24) is 0 Å². The van der Waals surface area contributed by atoms with Crippen LogP contribution in [0.4, 0.5) is 0 Å². The Morgan fingerprint density at radius 1 is 0.432 bits per heavy atom. The molecule has 8 rings (SSSR count). The van der Waals surface area contributed by atoms with Crippen LogP contribution in [0.15, 0.2) is 133 Å². The summed E-state index contributed by atoms with van der Waals surface area (Å²) >= 11 is 0. The lowest BCUT2D eigenvalue weighted by molar-refractivity contribution is 0.445. The Morgan fingerprint density at radius 3 is 1.41 bits per heavy atom. The number of hydrogen-bond donors (Lipinski definition) is 0. The van der Waals surface area contributed by atoms with Gasteiger partial charge < -0.3 is 0 Å². The van der Waals surface area contributed by atoms with Crippen molar-refractivity contribution in [2.75, 3.05) is 0 Å². The van der Waals surface area contributed by atoms with E-state index in [9.17, 15) is 0 Å². The number of rotatable bonds is 2. The Morgan fingerprint density at radius 2 is 0.865 bits per heavy atom. The van der Waals surface area contributed by atoms with Gasteiger partial charge in [-0.25, -0.2) is 0 Å². The minimum Gasteiger partial charge on any atom is -0.0622 e. The lowest BCUT2D eigenvalue weighted by Crippen LogP contribution is -2.37. The van der Waals surface area contributed by atoms with E-state index in [0.717, 1.165) is 6.42 Å². The van der Waals surface area contributed by atoms with Gasteiger partial charge in [-0.05, 0) is 62.1 Å². The third-order valence-corrected chi connectivity index (χ3v) is 8.90. The van der Waals surface area contributed by atoms with E-state index in [1.807, 2.05) is 0 Å². The molecule has 0 unspecified atom stereocenters. The zero-order valence-corrected chi connectivity index (χ0v) is 20.6. The average Bonchev–Trinajstić information content (AvgIpc) is 3.48. The highest BCUT2D eigenvalue weighted by atomic mass is 14.7. The van der Waals surface area contributed by atoms with Crippen LogP contribution in [-0.2, 0) is 11.8 Å². The molecule has 174 valence electrons. The summed E-state index contributed by atoms with van der Waals surface area (Å²) in [5, 5.41) is 0. The van der Waals surface area contributed by atoms with Gasteiger partial charge in [-0.15, -0.1) is 0 Å². The maximum absolute atomic E-state index is 2.47. The summed E-state index contributed by atoms with van der Waals surface area (Å²) in [6.07, 6.45) is 5.93. The highest BCUT2D eigenvalue weighted by Crippen LogP contribution is 2.78. The second-order valence-corrected chi connectivity index (χ2v) is 10.5. The molecule has 0 spiro atoms. The number of benzene rings is 5. The molecule has 0 aromatic heterocycles. The molecular weight excluding hydrogens is 444 g/mol. The highest BCUT2D eigenvalue weighted by molar-refractivity contribution is 6.10. The van der Waals surface area contributed by atoms with E-state index in [2.05, 4.69) is 146 Å². The van der Waals surface area contributed by atoms with Crippen LogP contribution in [0.5, 0.6) is 0 Å². The predicted molar refractivity (Wildman–Crippen MR) is 154 cm³/mol. The van der Waals surface area contributed by atoms with Gasteiger partial charge in [0.15, 0.2) is 0 Å². The van der Waals surface area contributed by atoms with Gasteiger partial charge in [0.05, 0.1) is 5.41 Å². The van der Waals surface area contributed by atoms with Crippen LogP contribution >= 0.6 is 0 Å². The standard InChI is InChI=1S/C37H26/c1-3-13-26(14-4-1)23-34-29-18-8-11-21-32(29)37-31-20-10-7-17-28(31)25-36(34,37)35(24-27-15-5-2-6-16-27)30-19-9-12-22-33(30)37/h1-24H,25H2/b34-23+,35-24+. The largest absolute Gasteiger partial charge is 0.0622 e.